The second-order valence-electron chi connectivity index (χ2n) is 13.4. The van der Waals surface area contributed by atoms with E-state index in [1.54, 1.807) is 39.8 Å². The first-order valence-corrected chi connectivity index (χ1v) is 15.3. The van der Waals surface area contributed by atoms with Crippen molar-refractivity contribution in [3.8, 4) is 28.7 Å². The van der Waals surface area contributed by atoms with E-state index >= 15 is 0 Å². The van der Waals surface area contributed by atoms with Gasteiger partial charge in [-0.2, -0.15) is 0 Å². The Balaban J connectivity index is 1.19. The lowest BCUT2D eigenvalue weighted by atomic mass is 9.67. The standard InChI is InChI=1S/C33H39N2O11/c1-32(2)12-20(13-33(3,4)35(32)39)45-31(38)34-14-26(36)46-29-24(40-5)9-18(10-25(29)41-6)27-21-11-23-22(43-16-44-23)8-17(21)7-19-15-42-30(37)28(19)27/h8-11,19-20,27-28H,7,12-16H2,1-6H3,(H,34,38)/t19-,27+,28-/m0/s1. The van der Waals surface area contributed by atoms with Crippen LogP contribution in [-0.4, -0.2) is 74.4 Å². The van der Waals surface area contributed by atoms with Crippen molar-refractivity contribution >= 4 is 18.0 Å². The highest BCUT2D eigenvalue weighted by atomic mass is 16.7. The third kappa shape index (κ3) is 5.77. The first-order chi connectivity index (χ1) is 21.8. The molecule has 247 valence electrons. The highest BCUT2D eigenvalue weighted by Crippen LogP contribution is 2.52. The van der Waals surface area contributed by atoms with Crippen molar-refractivity contribution in [3.05, 3.63) is 41.0 Å². The molecule has 2 fully saturated rings. The first-order valence-electron chi connectivity index (χ1n) is 15.3. The highest BCUT2D eigenvalue weighted by Gasteiger charge is 2.49. The molecule has 0 bridgehead atoms. The average molecular weight is 640 g/mol. The van der Waals surface area contributed by atoms with Gasteiger partial charge in [-0.05, 0) is 75.1 Å². The second-order valence-corrected chi connectivity index (χ2v) is 13.4. The summed E-state index contributed by atoms with van der Waals surface area (Å²) in [5.41, 5.74) is 1.22. The maximum Gasteiger partial charge on any atom is 0.407 e. The van der Waals surface area contributed by atoms with Crippen LogP contribution >= 0.6 is 0 Å². The Bertz CT molecular complexity index is 1510. The smallest absolute Gasteiger partial charge is 0.407 e. The molecule has 2 saturated heterocycles. The Morgan fingerprint density at radius 1 is 0.957 bits per heavy atom. The molecule has 13 nitrogen and oxygen atoms in total. The van der Waals surface area contributed by atoms with Gasteiger partial charge in [-0.25, -0.2) is 9.59 Å². The minimum absolute atomic E-state index is 0.0208. The molecule has 1 N–H and O–H groups in total. The molecule has 4 aliphatic rings. The lowest BCUT2D eigenvalue weighted by molar-refractivity contribution is -0.298. The van der Waals surface area contributed by atoms with Gasteiger partial charge in [0.1, 0.15) is 12.6 Å². The van der Waals surface area contributed by atoms with Crippen LogP contribution in [0.5, 0.6) is 28.7 Å². The molecule has 2 aromatic rings. The lowest BCUT2D eigenvalue weighted by Crippen LogP contribution is -2.60. The Labute approximate surface area is 266 Å². The quantitative estimate of drug-likeness (QED) is 0.347. The number of nitrogens with zero attached hydrogens (tertiary/aromatic N) is 1. The summed E-state index contributed by atoms with van der Waals surface area (Å²) >= 11 is 0. The molecule has 1 aliphatic carbocycles. The van der Waals surface area contributed by atoms with E-state index in [-0.39, 0.29) is 35.9 Å². The maximum absolute atomic E-state index is 13.0. The van der Waals surface area contributed by atoms with Gasteiger partial charge in [0.2, 0.25) is 12.5 Å². The molecule has 0 aromatic heterocycles. The molecular formula is C33H39N2O11. The summed E-state index contributed by atoms with van der Waals surface area (Å²) in [5.74, 6) is -0.257. The van der Waals surface area contributed by atoms with Gasteiger partial charge >= 0.3 is 18.0 Å². The number of fused-ring (bicyclic) bond motifs is 3. The molecule has 1 radical (unpaired) electrons. The van der Waals surface area contributed by atoms with Gasteiger partial charge in [0.15, 0.2) is 23.0 Å². The molecule has 3 aliphatic heterocycles. The van der Waals surface area contributed by atoms with Crippen molar-refractivity contribution < 1.29 is 52.7 Å². The van der Waals surface area contributed by atoms with Crippen LogP contribution in [0.3, 0.4) is 0 Å². The fourth-order valence-corrected chi connectivity index (χ4v) is 7.43. The second kappa shape index (κ2) is 11.8. The molecule has 0 saturated carbocycles. The van der Waals surface area contributed by atoms with E-state index in [1.807, 2.05) is 12.1 Å². The van der Waals surface area contributed by atoms with Crippen LogP contribution in [0.4, 0.5) is 4.79 Å². The minimum atomic E-state index is -0.794. The summed E-state index contributed by atoms with van der Waals surface area (Å²) < 4.78 is 39.2. The number of esters is 2. The lowest BCUT2D eigenvalue weighted by Gasteiger charge is -2.49. The maximum atomic E-state index is 13.0. The zero-order valence-corrected chi connectivity index (χ0v) is 26.8. The number of cyclic esters (lactones) is 1. The Hall–Kier alpha value is -4.23. The van der Waals surface area contributed by atoms with Crippen LogP contribution in [0, 0.1) is 11.8 Å². The van der Waals surface area contributed by atoms with Gasteiger partial charge < -0.3 is 38.5 Å². The predicted molar refractivity (Wildman–Crippen MR) is 159 cm³/mol. The predicted octanol–water partition coefficient (Wildman–Crippen LogP) is 3.91. The summed E-state index contributed by atoms with van der Waals surface area (Å²) in [4.78, 5) is 38.5. The zero-order chi connectivity index (χ0) is 33.0. The van der Waals surface area contributed by atoms with Crippen LogP contribution < -0.4 is 29.0 Å². The number of methoxy groups -OCH3 is 2. The number of nitrogens with one attached hydrogen (secondary N) is 1. The van der Waals surface area contributed by atoms with Crippen molar-refractivity contribution in [3.63, 3.8) is 0 Å². The summed E-state index contributed by atoms with van der Waals surface area (Å²) in [6, 6.07) is 7.30. The van der Waals surface area contributed by atoms with E-state index < -0.39 is 47.6 Å². The van der Waals surface area contributed by atoms with E-state index in [0.717, 1.165) is 16.2 Å². The van der Waals surface area contributed by atoms with E-state index in [2.05, 4.69) is 5.32 Å². The van der Waals surface area contributed by atoms with E-state index in [9.17, 15) is 19.6 Å². The number of hydroxylamine groups is 2. The third-order valence-electron chi connectivity index (χ3n) is 9.29. The van der Waals surface area contributed by atoms with Gasteiger partial charge in [-0.1, -0.05) is 0 Å². The fourth-order valence-electron chi connectivity index (χ4n) is 7.43. The number of amides is 1. The zero-order valence-electron chi connectivity index (χ0n) is 26.8. The van der Waals surface area contributed by atoms with Crippen molar-refractivity contribution in [2.45, 2.75) is 70.1 Å². The van der Waals surface area contributed by atoms with Gasteiger partial charge in [-0.15, -0.1) is 10.3 Å². The molecule has 3 atom stereocenters. The summed E-state index contributed by atoms with van der Waals surface area (Å²) in [5, 5.41) is 16.1. The van der Waals surface area contributed by atoms with Crippen LogP contribution in [0.2, 0.25) is 0 Å². The number of carbonyl (C=O) groups is 3. The Kier molecular flexibility index (Phi) is 8.18. The molecule has 0 spiro atoms. The van der Waals surface area contributed by atoms with E-state index in [0.29, 0.717) is 42.9 Å². The van der Waals surface area contributed by atoms with Gasteiger partial charge in [0.05, 0.1) is 26.7 Å². The Morgan fingerprint density at radius 3 is 2.22 bits per heavy atom. The minimum Gasteiger partial charge on any atom is -0.493 e. The fraction of sp³-hybridized carbons (Fsp3) is 0.545. The SMILES string of the molecule is COc1cc([C@@H]2c3cc4c(cc3C[C@H]3COC(=O)[C@@H]32)OCO4)cc(OC)c1OC(=O)CNC(=O)OC1CC(C)(C)N([O])C(C)(C)C1. The number of rotatable bonds is 7. The van der Waals surface area contributed by atoms with Gasteiger partial charge in [-0.3, -0.25) is 4.79 Å². The molecule has 3 heterocycles. The molecular weight excluding hydrogens is 600 g/mol. The Morgan fingerprint density at radius 2 is 1.59 bits per heavy atom. The summed E-state index contributed by atoms with van der Waals surface area (Å²) in [6.45, 7) is 7.18. The van der Waals surface area contributed by atoms with Crippen LogP contribution in [0.15, 0.2) is 24.3 Å². The number of piperidine rings is 1. The van der Waals surface area contributed by atoms with Gasteiger partial charge in [0, 0.05) is 35.8 Å². The highest BCUT2D eigenvalue weighted by molar-refractivity contribution is 5.81. The molecule has 2 aromatic carbocycles. The van der Waals surface area contributed by atoms with Crippen LogP contribution in [0.25, 0.3) is 0 Å². The topological polar surface area (TPSA) is 151 Å². The third-order valence-corrected chi connectivity index (χ3v) is 9.29. The van der Waals surface area contributed by atoms with E-state index in [4.69, 9.17) is 33.2 Å². The summed E-state index contributed by atoms with van der Waals surface area (Å²) in [6.07, 6.45) is 0.0722. The van der Waals surface area contributed by atoms with Crippen molar-refractivity contribution in [1.29, 1.82) is 0 Å². The molecule has 1 amide bonds. The van der Waals surface area contributed by atoms with E-state index in [1.165, 1.54) is 14.2 Å². The van der Waals surface area contributed by atoms with Crippen molar-refractivity contribution in [2.24, 2.45) is 11.8 Å². The normalized spacial score (nSPS) is 24.3. The van der Waals surface area contributed by atoms with Crippen molar-refractivity contribution in [2.75, 3.05) is 34.2 Å². The largest absolute Gasteiger partial charge is 0.493 e. The molecule has 6 rings (SSSR count). The van der Waals surface area contributed by atoms with Crippen LogP contribution in [-0.2, 0) is 30.7 Å². The molecule has 46 heavy (non-hydrogen) atoms. The van der Waals surface area contributed by atoms with Crippen LogP contribution in [0.1, 0.15) is 63.1 Å². The van der Waals surface area contributed by atoms with Crippen molar-refractivity contribution in [1.82, 2.24) is 10.4 Å². The monoisotopic (exact) mass is 639 g/mol. The average Bonchev–Trinajstić information content (AvgIpc) is 3.62. The first kappa shape index (κ1) is 31.7. The molecule has 0 unspecified atom stereocenters. The number of hydrogen-bond acceptors (Lipinski definition) is 11. The number of alkyl carbamates (subject to hydrolysis) is 1. The number of carbonyl (C=O) groups excluding carboxylic acids is 3. The number of hydrogen-bond donors (Lipinski definition) is 1. The summed E-state index contributed by atoms with van der Waals surface area (Å²) in [7, 11) is 2.86. The number of benzene rings is 2. The van der Waals surface area contributed by atoms with Gasteiger partial charge in [0.25, 0.3) is 0 Å². The number of ether oxygens (including phenoxy) is 7. The molecule has 13 heteroatoms.